The van der Waals surface area contributed by atoms with Crippen LogP contribution >= 0.6 is 0 Å². The Bertz CT molecular complexity index is 580. The van der Waals surface area contributed by atoms with Gasteiger partial charge in [0.1, 0.15) is 5.82 Å². The number of hydrogen-bond donors (Lipinski definition) is 1. The Morgan fingerprint density at radius 3 is 2.45 bits per heavy atom. The predicted molar refractivity (Wildman–Crippen MR) is 84.7 cm³/mol. The Morgan fingerprint density at radius 1 is 1.23 bits per heavy atom. The number of rotatable bonds is 7. The normalized spacial score (nSPS) is 13.0. The van der Waals surface area contributed by atoms with Crippen molar-refractivity contribution in [1.82, 2.24) is 14.7 Å². The highest BCUT2D eigenvalue weighted by Gasteiger charge is 2.16. The number of aryl methyl sites for hydroxylation is 1. The van der Waals surface area contributed by atoms with E-state index in [2.05, 4.69) is 23.8 Å². The summed E-state index contributed by atoms with van der Waals surface area (Å²) in [5, 5.41) is 14.6. The van der Waals surface area contributed by atoms with E-state index >= 15 is 0 Å². The smallest absolute Gasteiger partial charge is 0.123 e. The summed E-state index contributed by atoms with van der Waals surface area (Å²) in [5.41, 5.74) is 1.86. The lowest BCUT2D eigenvalue weighted by molar-refractivity contribution is 0.102. The number of nitrogens with zero attached hydrogens (tertiary/aromatic N) is 3. The Labute approximate surface area is 131 Å². The third-order valence-electron chi connectivity index (χ3n) is 3.47. The summed E-state index contributed by atoms with van der Waals surface area (Å²) in [6, 6.07) is 6.04. The average Bonchev–Trinajstić information content (AvgIpc) is 2.84. The molecular weight excluding hydrogens is 281 g/mol. The van der Waals surface area contributed by atoms with Crippen LogP contribution in [0.3, 0.4) is 0 Å². The lowest BCUT2D eigenvalue weighted by atomic mass is 10.1. The van der Waals surface area contributed by atoms with E-state index in [-0.39, 0.29) is 5.82 Å². The van der Waals surface area contributed by atoms with Gasteiger partial charge in [0.15, 0.2) is 0 Å². The van der Waals surface area contributed by atoms with Gasteiger partial charge in [-0.25, -0.2) is 4.39 Å². The van der Waals surface area contributed by atoms with Gasteiger partial charge in [-0.05, 0) is 23.6 Å². The zero-order valence-electron chi connectivity index (χ0n) is 13.4. The van der Waals surface area contributed by atoms with Crippen LogP contribution in [-0.2, 0) is 13.6 Å². The van der Waals surface area contributed by atoms with Crippen LogP contribution in [0.2, 0.25) is 0 Å². The number of aliphatic hydroxyl groups excluding tert-OH is 1. The van der Waals surface area contributed by atoms with Crippen LogP contribution in [0.15, 0.2) is 36.7 Å². The van der Waals surface area contributed by atoms with Crippen LogP contribution in [0.1, 0.15) is 31.1 Å². The Kier molecular flexibility index (Phi) is 5.69. The number of hydrogen-bond acceptors (Lipinski definition) is 3. The molecule has 0 amide bonds. The lowest BCUT2D eigenvalue weighted by Crippen LogP contribution is -2.31. The molecule has 0 aliphatic rings. The summed E-state index contributed by atoms with van der Waals surface area (Å²) in [5.74, 6) is 0.211. The maximum Gasteiger partial charge on any atom is 0.123 e. The standard InChI is InChI=1S/C17H24FN3O/c1-13(2)9-21(11-14-8-19-20(3)10-14)12-17(22)15-4-6-16(18)7-5-15/h4-8,10,13,17,22H,9,11-12H2,1-3H3. The first-order valence-electron chi connectivity index (χ1n) is 7.57. The predicted octanol–water partition coefficient (Wildman–Crippen LogP) is 2.75. The summed E-state index contributed by atoms with van der Waals surface area (Å²) in [6.45, 7) is 6.44. The first-order chi connectivity index (χ1) is 10.4. The Morgan fingerprint density at radius 2 is 1.91 bits per heavy atom. The van der Waals surface area contributed by atoms with E-state index in [1.807, 2.05) is 19.4 Å². The van der Waals surface area contributed by atoms with Crippen molar-refractivity contribution in [1.29, 1.82) is 0 Å². The molecular formula is C17H24FN3O. The number of aromatic nitrogens is 2. The largest absolute Gasteiger partial charge is 0.387 e. The van der Waals surface area contributed by atoms with Crippen molar-refractivity contribution in [3.05, 3.63) is 53.6 Å². The van der Waals surface area contributed by atoms with Crippen LogP contribution < -0.4 is 0 Å². The van der Waals surface area contributed by atoms with E-state index in [0.29, 0.717) is 12.5 Å². The van der Waals surface area contributed by atoms with E-state index < -0.39 is 6.10 Å². The minimum absolute atomic E-state index is 0.287. The zero-order chi connectivity index (χ0) is 16.1. The first kappa shape index (κ1) is 16.6. The van der Waals surface area contributed by atoms with Crippen molar-refractivity contribution in [2.45, 2.75) is 26.5 Å². The van der Waals surface area contributed by atoms with Crippen molar-refractivity contribution in [2.24, 2.45) is 13.0 Å². The second-order valence-electron chi connectivity index (χ2n) is 6.18. The van der Waals surface area contributed by atoms with Gasteiger partial charge in [0.2, 0.25) is 0 Å². The molecule has 4 nitrogen and oxygen atoms in total. The van der Waals surface area contributed by atoms with Gasteiger partial charge in [-0.1, -0.05) is 26.0 Å². The Balaban J connectivity index is 2.03. The molecule has 0 aliphatic heterocycles. The van der Waals surface area contributed by atoms with Gasteiger partial charge in [0.25, 0.3) is 0 Å². The molecule has 5 heteroatoms. The van der Waals surface area contributed by atoms with E-state index in [4.69, 9.17) is 0 Å². The molecule has 2 rings (SSSR count). The second-order valence-corrected chi connectivity index (χ2v) is 6.18. The van der Waals surface area contributed by atoms with Gasteiger partial charge in [-0.3, -0.25) is 9.58 Å². The quantitative estimate of drug-likeness (QED) is 0.855. The molecule has 22 heavy (non-hydrogen) atoms. The van der Waals surface area contributed by atoms with Crippen LogP contribution in [-0.4, -0.2) is 32.9 Å². The summed E-state index contributed by atoms with van der Waals surface area (Å²) in [4.78, 5) is 2.20. The molecule has 120 valence electrons. The highest BCUT2D eigenvalue weighted by atomic mass is 19.1. The highest BCUT2D eigenvalue weighted by Crippen LogP contribution is 2.17. The SMILES string of the molecule is CC(C)CN(Cc1cnn(C)c1)CC(O)c1ccc(F)cc1. The second kappa shape index (κ2) is 7.51. The van der Waals surface area contributed by atoms with E-state index in [1.54, 1.807) is 16.8 Å². The number of aliphatic hydroxyl groups is 1. The van der Waals surface area contributed by atoms with Crippen LogP contribution in [0.4, 0.5) is 4.39 Å². The molecule has 0 bridgehead atoms. The van der Waals surface area contributed by atoms with Gasteiger partial charge < -0.3 is 5.11 Å². The van der Waals surface area contributed by atoms with Crippen LogP contribution in [0.25, 0.3) is 0 Å². The molecule has 0 saturated heterocycles. The van der Waals surface area contributed by atoms with Crippen molar-refractivity contribution < 1.29 is 9.50 Å². The third-order valence-corrected chi connectivity index (χ3v) is 3.47. The summed E-state index contributed by atoms with van der Waals surface area (Å²) in [6.07, 6.45) is 3.20. The molecule has 1 unspecified atom stereocenters. The van der Waals surface area contributed by atoms with Gasteiger partial charge in [0, 0.05) is 38.4 Å². The van der Waals surface area contributed by atoms with E-state index in [1.165, 1.54) is 12.1 Å². The summed E-state index contributed by atoms with van der Waals surface area (Å²) >= 11 is 0. The molecule has 1 heterocycles. The molecule has 0 aliphatic carbocycles. The first-order valence-corrected chi connectivity index (χ1v) is 7.57. The molecule has 2 aromatic rings. The molecule has 1 aromatic carbocycles. The molecule has 1 atom stereocenters. The van der Waals surface area contributed by atoms with E-state index in [9.17, 15) is 9.50 Å². The van der Waals surface area contributed by atoms with Crippen LogP contribution in [0.5, 0.6) is 0 Å². The van der Waals surface area contributed by atoms with E-state index in [0.717, 1.165) is 24.2 Å². The van der Waals surface area contributed by atoms with Crippen molar-refractivity contribution >= 4 is 0 Å². The minimum atomic E-state index is -0.629. The fourth-order valence-corrected chi connectivity index (χ4v) is 2.57. The molecule has 0 radical (unpaired) electrons. The number of benzene rings is 1. The average molecular weight is 305 g/mol. The summed E-state index contributed by atoms with van der Waals surface area (Å²) in [7, 11) is 1.89. The topological polar surface area (TPSA) is 41.3 Å². The molecule has 0 spiro atoms. The number of halogens is 1. The minimum Gasteiger partial charge on any atom is -0.387 e. The maximum atomic E-state index is 13.0. The van der Waals surface area contributed by atoms with Crippen LogP contribution in [0, 0.1) is 11.7 Å². The third kappa shape index (κ3) is 4.93. The van der Waals surface area contributed by atoms with Gasteiger partial charge in [0.05, 0.1) is 12.3 Å². The maximum absolute atomic E-state index is 13.0. The fourth-order valence-electron chi connectivity index (χ4n) is 2.57. The van der Waals surface area contributed by atoms with Gasteiger partial charge in [-0.2, -0.15) is 5.10 Å². The van der Waals surface area contributed by atoms with Crippen molar-refractivity contribution in [3.8, 4) is 0 Å². The Hall–Kier alpha value is -1.72. The molecule has 0 fully saturated rings. The fraction of sp³-hybridized carbons (Fsp3) is 0.471. The lowest BCUT2D eigenvalue weighted by Gasteiger charge is -2.26. The highest BCUT2D eigenvalue weighted by molar-refractivity contribution is 5.18. The monoisotopic (exact) mass is 305 g/mol. The summed E-state index contributed by atoms with van der Waals surface area (Å²) < 4.78 is 14.8. The molecule has 0 saturated carbocycles. The van der Waals surface area contributed by atoms with Crippen molar-refractivity contribution in [3.63, 3.8) is 0 Å². The van der Waals surface area contributed by atoms with Crippen molar-refractivity contribution in [2.75, 3.05) is 13.1 Å². The van der Waals surface area contributed by atoms with Gasteiger partial charge in [-0.15, -0.1) is 0 Å². The molecule has 1 aromatic heterocycles. The van der Waals surface area contributed by atoms with Gasteiger partial charge >= 0.3 is 0 Å². The zero-order valence-corrected chi connectivity index (χ0v) is 13.4. The molecule has 1 N–H and O–H groups in total.